The van der Waals surface area contributed by atoms with E-state index in [1.54, 1.807) is 27.7 Å². The zero-order chi connectivity index (χ0) is 33.7. The van der Waals surface area contributed by atoms with Crippen LogP contribution in [0, 0.1) is 23.8 Å². The van der Waals surface area contributed by atoms with Crippen LogP contribution in [-0.4, -0.2) is 41.1 Å². The van der Waals surface area contributed by atoms with E-state index in [0.29, 0.717) is 0 Å². The number of aldehydes is 1. The lowest BCUT2D eigenvalue weighted by atomic mass is 10.1. The average molecular weight is 634 g/mol. The van der Waals surface area contributed by atoms with Gasteiger partial charge in [-0.3, -0.25) is 33.5 Å². The highest BCUT2D eigenvalue weighted by Gasteiger charge is 2.26. The molecule has 0 bridgehead atoms. The van der Waals surface area contributed by atoms with Crippen LogP contribution >= 0.6 is 0 Å². The van der Waals surface area contributed by atoms with E-state index in [0.717, 1.165) is 18.2 Å². The SMILES string of the molecule is CC(C)n1c(N)c(N)c(=O)[nH]c1=O.CC(C)n1c2c(c(=O)[nH]c1=O)CC(c1ccc(F)nc1F)=N2.O=Cc1ccc(F)nc1F. The van der Waals surface area contributed by atoms with Crippen molar-refractivity contribution in [2.75, 3.05) is 11.5 Å². The van der Waals surface area contributed by atoms with Gasteiger partial charge in [0.25, 0.3) is 11.1 Å². The van der Waals surface area contributed by atoms with Crippen LogP contribution in [0.25, 0.3) is 0 Å². The third-order valence-electron chi connectivity index (χ3n) is 6.14. The molecular weight excluding hydrogens is 606 g/mol. The van der Waals surface area contributed by atoms with Gasteiger partial charge < -0.3 is 11.5 Å². The molecule has 0 aromatic carbocycles. The number of H-pyrrole nitrogens is 2. The molecule has 18 heteroatoms. The topological polar surface area (TPSA) is 217 Å². The molecular formula is C27H27F4N9O5. The number of nitrogens with zero attached hydrogens (tertiary/aromatic N) is 5. The molecule has 4 aromatic heterocycles. The average Bonchev–Trinajstić information content (AvgIpc) is 3.37. The summed E-state index contributed by atoms with van der Waals surface area (Å²) >= 11 is 0. The first-order valence-corrected chi connectivity index (χ1v) is 13.0. The maximum atomic E-state index is 13.8. The van der Waals surface area contributed by atoms with E-state index >= 15 is 0 Å². The van der Waals surface area contributed by atoms with Crippen LogP contribution in [0.2, 0.25) is 0 Å². The highest BCUT2D eigenvalue weighted by atomic mass is 19.1. The number of hydrogen-bond donors (Lipinski definition) is 4. The number of aromatic amines is 2. The summed E-state index contributed by atoms with van der Waals surface area (Å²) in [5.41, 5.74) is 8.76. The van der Waals surface area contributed by atoms with Gasteiger partial charge in [-0.05, 0) is 52.0 Å². The van der Waals surface area contributed by atoms with E-state index in [2.05, 4.69) is 24.9 Å². The Kier molecular flexibility index (Phi) is 10.3. The van der Waals surface area contributed by atoms with E-state index in [1.807, 2.05) is 0 Å². The second-order valence-corrected chi connectivity index (χ2v) is 9.89. The number of carbonyl (C=O) groups is 1. The maximum Gasteiger partial charge on any atom is 0.330 e. The minimum Gasteiger partial charge on any atom is -0.391 e. The molecule has 5 heterocycles. The largest absolute Gasteiger partial charge is 0.391 e. The Balaban J connectivity index is 0.000000204. The van der Waals surface area contributed by atoms with Crippen LogP contribution in [0.15, 0.2) is 48.4 Å². The van der Waals surface area contributed by atoms with Crippen LogP contribution in [0.5, 0.6) is 0 Å². The van der Waals surface area contributed by atoms with Crippen molar-refractivity contribution >= 4 is 29.3 Å². The molecule has 5 rings (SSSR count). The van der Waals surface area contributed by atoms with Gasteiger partial charge in [0.2, 0.25) is 23.8 Å². The fourth-order valence-corrected chi connectivity index (χ4v) is 4.06. The van der Waals surface area contributed by atoms with E-state index in [1.165, 1.54) is 15.2 Å². The Morgan fingerprint density at radius 1 is 0.800 bits per heavy atom. The minimum atomic E-state index is -1.07. The number of hydrogen-bond acceptors (Lipinski definition) is 10. The number of anilines is 2. The third kappa shape index (κ3) is 7.46. The van der Waals surface area contributed by atoms with Gasteiger partial charge in [0.15, 0.2) is 6.29 Å². The summed E-state index contributed by atoms with van der Waals surface area (Å²) in [7, 11) is 0. The van der Waals surface area contributed by atoms with Crippen molar-refractivity contribution in [2.24, 2.45) is 4.99 Å². The number of fused-ring (bicyclic) bond motifs is 1. The molecule has 45 heavy (non-hydrogen) atoms. The fraction of sp³-hybridized carbons (Fsp3) is 0.259. The molecule has 0 radical (unpaired) electrons. The van der Waals surface area contributed by atoms with Gasteiger partial charge in [-0.15, -0.1) is 0 Å². The van der Waals surface area contributed by atoms with E-state index in [-0.39, 0.29) is 64.5 Å². The van der Waals surface area contributed by atoms with Crippen LogP contribution in [0.3, 0.4) is 0 Å². The van der Waals surface area contributed by atoms with Gasteiger partial charge in [-0.2, -0.15) is 27.5 Å². The van der Waals surface area contributed by atoms with E-state index < -0.39 is 46.3 Å². The molecule has 0 aliphatic carbocycles. The zero-order valence-electron chi connectivity index (χ0n) is 24.2. The number of pyridine rings is 2. The molecule has 238 valence electrons. The monoisotopic (exact) mass is 633 g/mol. The Morgan fingerprint density at radius 2 is 1.33 bits per heavy atom. The zero-order valence-corrected chi connectivity index (χ0v) is 24.2. The number of aliphatic imine (C=N–C) groups is 1. The summed E-state index contributed by atoms with van der Waals surface area (Å²) in [4.78, 5) is 70.3. The molecule has 1 aliphatic rings. The normalized spacial score (nSPS) is 11.7. The Hall–Kier alpha value is -5.68. The molecule has 1 aliphatic heterocycles. The molecule has 0 saturated heterocycles. The van der Waals surface area contributed by atoms with Gasteiger partial charge in [-0.25, -0.2) is 14.6 Å². The fourth-order valence-electron chi connectivity index (χ4n) is 4.06. The lowest BCUT2D eigenvalue weighted by Gasteiger charge is -2.13. The highest BCUT2D eigenvalue weighted by molar-refractivity contribution is 6.06. The van der Waals surface area contributed by atoms with Gasteiger partial charge in [-0.1, -0.05) is 0 Å². The molecule has 0 saturated carbocycles. The number of nitrogens with two attached hydrogens (primary N) is 2. The number of nitrogens with one attached hydrogen (secondary N) is 2. The first kappa shape index (κ1) is 33.8. The van der Waals surface area contributed by atoms with Crippen LogP contribution in [0.1, 0.15) is 61.3 Å². The number of rotatable bonds is 4. The van der Waals surface area contributed by atoms with Crippen LogP contribution < -0.4 is 34.0 Å². The van der Waals surface area contributed by atoms with Crippen molar-refractivity contribution < 1.29 is 22.4 Å². The molecule has 4 aromatic rings. The van der Waals surface area contributed by atoms with Gasteiger partial charge in [0, 0.05) is 18.5 Å². The quantitative estimate of drug-likeness (QED) is 0.146. The summed E-state index contributed by atoms with van der Waals surface area (Å²) in [5.74, 6) is -3.71. The van der Waals surface area contributed by atoms with Crippen molar-refractivity contribution in [3.8, 4) is 0 Å². The van der Waals surface area contributed by atoms with Gasteiger partial charge in [0.05, 0.1) is 22.4 Å². The molecule has 0 amide bonds. The first-order chi connectivity index (χ1) is 21.1. The lowest BCUT2D eigenvalue weighted by molar-refractivity contribution is 0.111. The van der Waals surface area contributed by atoms with Crippen molar-refractivity contribution in [1.82, 2.24) is 29.1 Å². The summed E-state index contributed by atoms with van der Waals surface area (Å²) in [6.45, 7) is 7.09. The molecule has 0 spiro atoms. The van der Waals surface area contributed by atoms with Crippen molar-refractivity contribution in [3.63, 3.8) is 0 Å². The number of carbonyl (C=O) groups excluding carboxylic acids is 1. The van der Waals surface area contributed by atoms with Crippen LogP contribution in [-0.2, 0) is 6.42 Å². The summed E-state index contributed by atoms with van der Waals surface area (Å²) in [5, 5.41) is 0. The number of nitrogen functional groups attached to an aromatic ring is 2. The van der Waals surface area contributed by atoms with Crippen molar-refractivity contribution in [2.45, 2.75) is 46.2 Å². The van der Waals surface area contributed by atoms with E-state index in [4.69, 9.17) is 11.5 Å². The molecule has 0 atom stereocenters. The third-order valence-corrected chi connectivity index (χ3v) is 6.14. The molecule has 0 fully saturated rings. The second kappa shape index (κ2) is 13.7. The van der Waals surface area contributed by atoms with Gasteiger partial charge >= 0.3 is 11.4 Å². The number of aromatic nitrogens is 6. The van der Waals surface area contributed by atoms with Gasteiger partial charge in [0.1, 0.15) is 17.3 Å². The number of halogens is 4. The molecule has 14 nitrogen and oxygen atoms in total. The molecule has 6 N–H and O–H groups in total. The van der Waals surface area contributed by atoms with Crippen molar-refractivity contribution in [3.05, 3.63) is 106 Å². The smallest absolute Gasteiger partial charge is 0.330 e. The minimum absolute atomic E-state index is 0.0137. The second-order valence-electron chi connectivity index (χ2n) is 9.89. The van der Waals surface area contributed by atoms with Crippen LogP contribution in [0.4, 0.5) is 34.9 Å². The Morgan fingerprint density at radius 3 is 1.87 bits per heavy atom. The lowest BCUT2D eigenvalue weighted by Crippen LogP contribution is -2.34. The molecule has 0 unspecified atom stereocenters. The van der Waals surface area contributed by atoms with E-state index in [9.17, 15) is 41.5 Å². The summed E-state index contributed by atoms with van der Waals surface area (Å²) in [6, 6.07) is 3.83. The summed E-state index contributed by atoms with van der Waals surface area (Å²) in [6.07, 6.45) is 0.337. The van der Waals surface area contributed by atoms with Crippen molar-refractivity contribution in [1.29, 1.82) is 0 Å². The highest BCUT2D eigenvalue weighted by Crippen LogP contribution is 2.27. The predicted molar refractivity (Wildman–Crippen MR) is 156 cm³/mol. The predicted octanol–water partition coefficient (Wildman–Crippen LogP) is 1.92. The standard InChI is InChI=1S/C14H12F2N4O2.C7H12N4O2.C6H3F2NO/c1-6(2)20-12-8(13(21)19-14(20)22)5-9(17-12)7-3-4-10(15)18-11(7)16;1-3(2)11-5(9)4(8)6(12)10-7(11)13;7-5-2-1-4(3-10)6(8)9-5/h3-4,6H,5H2,1-2H3,(H,19,21,22);3H,8-9H2,1-2H3,(H,10,12,13);1-3H. The Labute approximate surface area is 250 Å². The summed E-state index contributed by atoms with van der Waals surface area (Å²) < 4.78 is 53.5. The Bertz CT molecular complexity index is 2030. The first-order valence-electron chi connectivity index (χ1n) is 13.0. The maximum absolute atomic E-state index is 13.8.